The minimum atomic E-state index is 0.466. The summed E-state index contributed by atoms with van der Waals surface area (Å²) < 4.78 is 0. The molecule has 1 unspecified atom stereocenters. The van der Waals surface area contributed by atoms with Gasteiger partial charge in [0, 0.05) is 6.54 Å². The number of hydrogen-bond donors (Lipinski definition) is 1. The molecule has 0 spiro atoms. The van der Waals surface area contributed by atoms with E-state index in [2.05, 4.69) is 50.2 Å². The van der Waals surface area contributed by atoms with E-state index in [4.69, 9.17) is 5.73 Å². The highest BCUT2D eigenvalue weighted by molar-refractivity contribution is 5.25. The van der Waals surface area contributed by atoms with Crippen LogP contribution in [0.4, 0.5) is 0 Å². The number of hydrogen-bond acceptors (Lipinski definition) is 2. The molecule has 0 amide bonds. The zero-order chi connectivity index (χ0) is 11.3. The summed E-state index contributed by atoms with van der Waals surface area (Å²) in [4.78, 5) is 2.20. The van der Waals surface area contributed by atoms with Gasteiger partial charge >= 0.3 is 0 Å². The molecular weight excluding hydrogens is 184 g/mol. The predicted octanol–water partition coefficient (Wildman–Crippen LogP) is 1.85. The van der Waals surface area contributed by atoms with Gasteiger partial charge in [-0.25, -0.2) is 0 Å². The van der Waals surface area contributed by atoms with Crippen molar-refractivity contribution >= 4 is 0 Å². The summed E-state index contributed by atoms with van der Waals surface area (Å²) in [5, 5.41) is 0. The van der Waals surface area contributed by atoms with Crippen molar-refractivity contribution in [2.75, 3.05) is 27.2 Å². The number of nitrogens with two attached hydrogens (primary N) is 1. The van der Waals surface area contributed by atoms with Gasteiger partial charge in [0.15, 0.2) is 0 Å². The summed E-state index contributed by atoms with van der Waals surface area (Å²) in [5.41, 5.74) is 8.37. The lowest BCUT2D eigenvalue weighted by Crippen LogP contribution is -2.15. The number of nitrogens with zero attached hydrogens (tertiary/aromatic N) is 1. The van der Waals surface area contributed by atoms with Crippen molar-refractivity contribution in [1.82, 2.24) is 4.90 Å². The van der Waals surface area contributed by atoms with Crippen LogP contribution < -0.4 is 5.73 Å². The highest BCUT2D eigenvalue weighted by atomic mass is 15.0. The van der Waals surface area contributed by atoms with Gasteiger partial charge in [-0.1, -0.05) is 31.2 Å². The summed E-state index contributed by atoms with van der Waals surface area (Å²) in [6, 6.07) is 8.82. The third-order valence-corrected chi connectivity index (χ3v) is 2.75. The topological polar surface area (TPSA) is 29.3 Å². The highest BCUT2D eigenvalue weighted by Crippen LogP contribution is 2.14. The molecule has 1 aromatic carbocycles. The van der Waals surface area contributed by atoms with Crippen LogP contribution in [-0.2, 0) is 6.42 Å². The SMILES string of the molecule is CC(CN)c1ccc(CCN(C)C)cc1. The predicted molar refractivity (Wildman–Crippen MR) is 66.2 cm³/mol. The molecule has 1 rings (SSSR count). The van der Waals surface area contributed by atoms with Crippen LogP contribution in [0, 0.1) is 0 Å². The first kappa shape index (κ1) is 12.2. The van der Waals surface area contributed by atoms with Crippen molar-refractivity contribution in [2.45, 2.75) is 19.3 Å². The Morgan fingerprint density at radius 1 is 1.20 bits per heavy atom. The Bertz CT molecular complexity index is 277. The summed E-state index contributed by atoms with van der Waals surface area (Å²) in [6.45, 7) is 3.98. The maximum absolute atomic E-state index is 5.63. The van der Waals surface area contributed by atoms with Crippen LogP contribution in [0.25, 0.3) is 0 Å². The van der Waals surface area contributed by atoms with Gasteiger partial charge in [-0.15, -0.1) is 0 Å². The first-order chi connectivity index (χ1) is 7.13. The molecule has 2 N–H and O–H groups in total. The lowest BCUT2D eigenvalue weighted by atomic mass is 9.99. The number of benzene rings is 1. The first-order valence-corrected chi connectivity index (χ1v) is 5.57. The van der Waals surface area contributed by atoms with Crippen molar-refractivity contribution in [3.63, 3.8) is 0 Å². The smallest absolute Gasteiger partial charge is 0.00157 e. The third kappa shape index (κ3) is 4.02. The molecular formula is C13H22N2. The largest absolute Gasteiger partial charge is 0.330 e. The van der Waals surface area contributed by atoms with Crippen molar-refractivity contribution in [3.8, 4) is 0 Å². The lowest BCUT2D eigenvalue weighted by Gasteiger charge is -2.11. The van der Waals surface area contributed by atoms with Gasteiger partial charge in [-0.05, 0) is 44.1 Å². The molecule has 0 aliphatic heterocycles. The van der Waals surface area contributed by atoms with Gasteiger partial charge < -0.3 is 10.6 Å². The molecule has 1 aromatic rings. The molecule has 0 aliphatic carbocycles. The van der Waals surface area contributed by atoms with Gasteiger partial charge in [-0.2, -0.15) is 0 Å². The third-order valence-electron chi connectivity index (χ3n) is 2.75. The van der Waals surface area contributed by atoms with E-state index in [0.717, 1.165) is 19.5 Å². The molecule has 0 aromatic heterocycles. The summed E-state index contributed by atoms with van der Waals surface area (Å²) in [7, 11) is 4.20. The summed E-state index contributed by atoms with van der Waals surface area (Å²) in [5.74, 6) is 0.466. The fraction of sp³-hybridized carbons (Fsp3) is 0.538. The van der Waals surface area contributed by atoms with E-state index >= 15 is 0 Å². The molecule has 15 heavy (non-hydrogen) atoms. The van der Waals surface area contributed by atoms with Gasteiger partial charge in [0.2, 0.25) is 0 Å². The molecule has 0 radical (unpaired) electrons. The Morgan fingerprint density at radius 2 is 1.80 bits per heavy atom. The maximum Gasteiger partial charge on any atom is 0.00157 e. The standard InChI is InChI=1S/C13H22N2/c1-11(10-14)13-6-4-12(5-7-13)8-9-15(2)3/h4-7,11H,8-10,14H2,1-3H3. The van der Waals surface area contributed by atoms with Gasteiger partial charge in [0.05, 0.1) is 0 Å². The van der Waals surface area contributed by atoms with Crippen LogP contribution in [0.5, 0.6) is 0 Å². The Balaban J connectivity index is 2.56. The van der Waals surface area contributed by atoms with E-state index < -0.39 is 0 Å². The Labute approximate surface area is 93.1 Å². The van der Waals surface area contributed by atoms with Crippen molar-refractivity contribution in [2.24, 2.45) is 5.73 Å². The van der Waals surface area contributed by atoms with E-state index in [1.165, 1.54) is 11.1 Å². The van der Waals surface area contributed by atoms with E-state index in [1.54, 1.807) is 0 Å². The van der Waals surface area contributed by atoms with Crippen LogP contribution in [0.2, 0.25) is 0 Å². The van der Waals surface area contributed by atoms with Crippen LogP contribution in [0.3, 0.4) is 0 Å². The molecule has 0 aliphatic rings. The Morgan fingerprint density at radius 3 is 2.27 bits per heavy atom. The van der Waals surface area contributed by atoms with E-state index in [-0.39, 0.29) is 0 Å². The van der Waals surface area contributed by atoms with Gasteiger partial charge in [0.1, 0.15) is 0 Å². The molecule has 2 heteroatoms. The average molecular weight is 206 g/mol. The van der Waals surface area contributed by atoms with Crippen molar-refractivity contribution in [3.05, 3.63) is 35.4 Å². The zero-order valence-electron chi connectivity index (χ0n) is 10.0. The maximum atomic E-state index is 5.63. The molecule has 0 heterocycles. The fourth-order valence-corrected chi connectivity index (χ4v) is 1.50. The monoisotopic (exact) mass is 206 g/mol. The molecule has 0 saturated carbocycles. The number of rotatable bonds is 5. The summed E-state index contributed by atoms with van der Waals surface area (Å²) >= 11 is 0. The van der Waals surface area contributed by atoms with Crippen LogP contribution in [0.15, 0.2) is 24.3 Å². The normalized spacial score (nSPS) is 13.1. The molecule has 0 saturated heterocycles. The van der Waals surface area contributed by atoms with E-state index in [1.807, 2.05) is 0 Å². The molecule has 0 fully saturated rings. The van der Waals surface area contributed by atoms with Crippen LogP contribution in [0.1, 0.15) is 24.0 Å². The minimum Gasteiger partial charge on any atom is -0.330 e. The van der Waals surface area contributed by atoms with Crippen molar-refractivity contribution < 1.29 is 0 Å². The molecule has 2 nitrogen and oxygen atoms in total. The second-order valence-corrected chi connectivity index (χ2v) is 4.43. The fourth-order valence-electron chi connectivity index (χ4n) is 1.50. The molecule has 1 atom stereocenters. The van der Waals surface area contributed by atoms with E-state index in [9.17, 15) is 0 Å². The van der Waals surface area contributed by atoms with Gasteiger partial charge in [-0.3, -0.25) is 0 Å². The zero-order valence-corrected chi connectivity index (χ0v) is 10.0. The molecule has 0 bridgehead atoms. The van der Waals surface area contributed by atoms with E-state index in [0.29, 0.717) is 5.92 Å². The minimum absolute atomic E-state index is 0.466. The lowest BCUT2D eigenvalue weighted by molar-refractivity contribution is 0.413. The quantitative estimate of drug-likeness (QED) is 0.796. The summed E-state index contributed by atoms with van der Waals surface area (Å²) in [6.07, 6.45) is 1.12. The first-order valence-electron chi connectivity index (χ1n) is 5.57. The van der Waals surface area contributed by atoms with Crippen molar-refractivity contribution in [1.29, 1.82) is 0 Å². The number of likely N-dealkylation sites (N-methyl/N-ethyl adjacent to an activating group) is 1. The van der Waals surface area contributed by atoms with Crippen LogP contribution >= 0.6 is 0 Å². The average Bonchev–Trinajstić information content (AvgIpc) is 2.26. The highest BCUT2D eigenvalue weighted by Gasteiger charge is 2.02. The van der Waals surface area contributed by atoms with Crippen LogP contribution in [-0.4, -0.2) is 32.1 Å². The Kier molecular flexibility index (Phi) is 4.79. The second-order valence-electron chi connectivity index (χ2n) is 4.43. The van der Waals surface area contributed by atoms with Gasteiger partial charge in [0.25, 0.3) is 0 Å². The molecule has 84 valence electrons. The Hall–Kier alpha value is -0.860. The second kappa shape index (κ2) is 5.89.